The van der Waals surface area contributed by atoms with E-state index in [0.29, 0.717) is 0 Å². The minimum absolute atomic E-state index is 0.171. The highest BCUT2D eigenvalue weighted by Crippen LogP contribution is 2.19. The molecule has 1 amide bonds. The number of likely N-dealkylation sites (tertiary alicyclic amines) is 1. The van der Waals surface area contributed by atoms with Gasteiger partial charge in [0, 0.05) is 32.9 Å². The molecule has 1 aliphatic carbocycles. The number of carbonyl (C=O) groups is 1. The van der Waals surface area contributed by atoms with E-state index < -0.39 is 0 Å². The fourth-order valence-corrected chi connectivity index (χ4v) is 2.06. The molecular weight excluding hydrogens is 202 g/mol. The van der Waals surface area contributed by atoms with E-state index in [1.165, 1.54) is 0 Å². The summed E-state index contributed by atoms with van der Waals surface area (Å²) in [6, 6.07) is 0. The average Bonchev–Trinajstić information content (AvgIpc) is 2.31. The molecule has 1 heterocycles. The molecule has 3 heteroatoms. The first-order valence-corrected chi connectivity index (χ1v) is 5.88. The standard InChI is InChI=1S/C13H18NO2/c1-11(15)14-9-7-13(8-10-14)16-12-5-3-2-4-6-12/h2-3,5-6,13H,4,7-10H2,1H3. The number of carbonyl (C=O) groups excluding carboxylic acids is 1. The summed E-state index contributed by atoms with van der Waals surface area (Å²) in [5.74, 6) is 1.15. The van der Waals surface area contributed by atoms with Gasteiger partial charge in [0.2, 0.25) is 5.91 Å². The Bertz CT molecular complexity index is 312. The lowest BCUT2D eigenvalue weighted by Gasteiger charge is -2.31. The molecule has 3 nitrogen and oxygen atoms in total. The summed E-state index contributed by atoms with van der Waals surface area (Å²) in [6.07, 6.45) is 11.3. The van der Waals surface area contributed by atoms with Crippen molar-refractivity contribution in [2.24, 2.45) is 0 Å². The fraction of sp³-hybridized carbons (Fsp3) is 0.538. The molecule has 1 saturated heterocycles. The maximum atomic E-state index is 11.2. The van der Waals surface area contributed by atoms with Crippen molar-refractivity contribution in [3.63, 3.8) is 0 Å². The number of hydrogen-bond donors (Lipinski definition) is 0. The van der Waals surface area contributed by atoms with Crippen molar-refractivity contribution in [2.45, 2.75) is 32.3 Å². The van der Waals surface area contributed by atoms with E-state index in [0.717, 1.165) is 38.1 Å². The van der Waals surface area contributed by atoms with Gasteiger partial charge >= 0.3 is 0 Å². The van der Waals surface area contributed by atoms with Crippen LogP contribution in [0.3, 0.4) is 0 Å². The zero-order chi connectivity index (χ0) is 11.4. The van der Waals surface area contributed by atoms with Crippen LogP contribution in [0.25, 0.3) is 0 Å². The number of ether oxygens (including phenoxy) is 1. The van der Waals surface area contributed by atoms with Crippen LogP contribution < -0.4 is 0 Å². The third-order valence-corrected chi connectivity index (χ3v) is 3.04. The van der Waals surface area contributed by atoms with Crippen molar-refractivity contribution in [3.8, 4) is 0 Å². The van der Waals surface area contributed by atoms with Crippen molar-refractivity contribution < 1.29 is 9.53 Å². The number of piperidine rings is 1. The molecule has 1 fully saturated rings. The molecule has 1 aliphatic heterocycles. The molecule has 87 valence electrons. The van der Waals surface area contributed by atoms with Crippen LogP contribution in [0.2, 0.25) is 0 Å². The van der Waals surface area contributed by atoms with Crippen LogP contribution in [-0.4, -0.2) is 30.0 Å². The van der Waals surface area contributed by atoms with E-state index in [9.17, 15) is 4.79 Å². The second-order valence-electron chi connectivity index (χ2n) is 4.26. The van der Waals surface area contributed by atoms with Crippen molar-refractivity contribution >= 4 is 5.91 Å². The van der Waals surface area contributed by atoms with Gasteiger partial charge in [0.05, 0.1) is 0 Å². The molecule has 0 atom stereocenters. The SMILES string of the molecule is CC(=O)N1CCC(OC2=CC[CH]C=C2)CC1. The Morgan fingerprint density at radius 3 is 2.75 bits per heavy atom. The third-order valence-electron chi connectivity index (χ3n) is 3.04. The molecular formula is C13H18NO2. The maximum Gasteiger partial charge on any atom is 0.219 e. The first-order chi connectivity index (χ1) is 7.75. The lowest BCUT2D eigenvalue weighted by atomic mass is 10.1. The highest BCUT2D eigenvalue weighted by atomic mass is 16.5. The van der Waals surface area contributed by atoms with E-state index in [-0.39, 0.29) is 12.0 Å². The topological polar surface area (TPSA) is 29.5 Å². The first kappa shape index (κ1) is 11.2. The van der Waals surface area contributed by atoms with Crippen LogP contribution in [0.5, 0.6) is 0 Å². The summed E-state index contributed by atoms with van der Waals surface area (Å²) in [5, 5.41) is 0. The van der Waals surface area contributed by atoms with Gasteiger partial charge in [-0.2, -0.15) is 0 Å². The Hall–Kier alpha value is -1.25. The lowest BCUT2D eigenvalue weighted by Crippen LogP contribution is -2.39. The van der Waals surface area contributed by atoms with Gasteiger partial charge in [0.25, 0.3) is 0 Å². The van der Waals surface area contributed by atoms with E-state index in [4.69, 9.17) is 4.74 Å². The van der Waals surface area contributed by atoms with Crippen LogP contribution in [0, 0.1) is 6.42 Å². The van der Waals surface area contributed by atoms with Gasteiger partial charge in [-0.3, -0.25) is 4.79 Å². The number of hydrogen-bond acceptors (Lipinski definition) is 2. The monoisotopic (exact) mass is 220 g/mol. The molecule has 0 aromatic carbocycles. The smallest absolute Gasteiger partial charge is 0.219 e. The Balaban J connectivity index is 1.79. The van der Waals surface area contributed by atoms with Crippen LogP contribution >= 0.6 is 0 Å². The molecule has 0 aromatic rings. The number of rotatable bonds is 2. The van der Waals surface area contributed by atoms with Crippen LogP contribution in [0.15, 0.2) is 24.0 Å². The molecule has 1 radical (unpaired) electrons. The Morgan fingerprint density at radius 2 is 2.19 bits per heavy atom. The van der Waals surface area contributed by atoms with Crippen molar-refractivity contribution in [1.82, 2.24) is 4.90 Å². The maximum absolute atomic E-state index is 11.2. The zero-order valence-corrected chi connectivity index (χ0v) is 9.69. The van der Waals surface area contributed by atoms with Crippen molar-refractivity contribution in [1.29, 1.82) is 0 Å². The average molecular weight is 220 g/mol. The predicted octanol–water partition coefficient (Wildman–Crippen LogP) is 2.06. The summed E-state index contributed by atoms with van der Waals surface area (Å²) in [5.41, 5.74) is 0. The molecule has 0 bridgehead atoms. The fourth-order valence-electron chi connectivity index (χ4n) is 2.06. The molecule has 0 spiro atoms. The van der Waals surface area contributed by atoms with Crippen LogP contribution in [0.4, 0.5) is 0 Å². The second kappa shape index (κ2) is 5.19. The van der Waals surface area contributed by atoms with E-state index in [2.05, 4.69) is 12.5 Å². The zero-order valence-electron chi connectivity index (χ0n) is 9.69. The normalized spacial score (nSPS) is 21.8. The van der Waals surface area contributed by atoms with E-state index >= 15 is 0 Å². The van der Waals surface area contributed by atoms with Crippen LogP contribution in [0.1, 0.15) is 26.2 Å². The van der Waals surface area contributed by atoms with Gasteiger partial charge in [-0.15, -0.1) is 0 Å². The molecule has 0 N–H and O–H groups in total. The summed E-state index contributed by atoms with van der Waals surface area (Å²) in [6.45, 7) is 3.27. The highest BCUT2D eigenvalue weighted by Gasteiger charge is 2.22. The molecule has 0 aromatic heterocycles. The number of allylic oxidation sites excluding steroid dienone is 3. The van der Waals surface area contributed by atoms with Gasteiger partial charge in [0.1, 0.15) is 11.9 Å². The molecule has 0 saturated carbocycles. The first-order valence-electron chi connectivity index (χ1n) is 5.88. The number of amides is 1. The molecule has 2 aliphatic rings. The van der Waals surface area contributed by atoms with Gasteiger partial charge < -0.3 is 9.64 Å². The Kier molecular flexibility index (Phi) is 3.65. The minimum atomic E-state index is 0.171. The van der Waals surface area contributed by atoms with Gasteiger partial charge in [0.15, 0.2) is 0 Å². The second-order valence-corrected chi connectivity index (χ2v) is 4.26. The minimum Gasteiger partial charge on any atom is -0.491 e. The van der Waals surface area contributed by atoms with Crippen molar-refractivity contribution in [2.75, 3.05) is 13.1 Å². The highest BCUT2D eigenvalue weighted by molar-refractivity contribution is 5.73. The predicted molar refractivity (Wildman–Crippen MR) is 62.5 cm³/mol. The summed E-state index contributed by atoms with van der Waals surface area (Å²) in [4.78, 5) is 13.0. The van der Waals surface area contributed by atoms with E-state index in [1.54, 1.807) is 6.92 Å². The largest absolute Gasteiger partial charge is 0.491 e. The third kappa shape index (κ3) is 2.87. The van der Waals surface area contributed by atoms with Crippen molar-refractivity contribution in [3.05, 3.63) is 30.4 Å². The lowest BCUT2D eigenvalue weighted by molar-refractivity contribution is -0.130. The molecule has 0 unspecified atom stereocenters. The van der Waals surface area contributed by atoms with Gasteiger partial charge in [-0.25, -0.2) is 0 Å². The molecule has 2 rings (SSSR count). The van der Waals surface area contributed by atoms with Crippen LogP contribution in [-0.2, 0) is 9.53 Å². The van der Waals surface area contributed by atoms with E-state index in [1.807, 2.05) is 17.1 Å². The molecule has 16 heavy (non-hydrogen) atoms. The van der Waals surface area contributed by atoms with Gasteiger partial charge in [-0.1, -0.05) is 6.08 Å². The summed E-state index contributed by atoms with van der Waals surface area (Å²) >= 11 is 0. The summed E-state index contributed by atoms with van der Waals surface area (Å²) < 4.78 is 5.88. The quantitative estimate of drug-likeness (QED) is 0.713. The number of nitrogens with zero attached hydrogens (tertiary/aromatic N) is 1. The summed E-state index contributed by atoms with van der Waals surface area (Å²) in [7, 11) is 0. The Morgan fingerprint density at radius 1 is 1.44 bits per heavy atom. The van der Waals surface area contributed by atoms with Gasteiger partial charge in [-0.05, 0) is 25.0 Å². The Labute approximate surface area is 96.8 Å².